The summed E-state index contributed by atoms with van der Waals surface area (Å²) in [6.07, 6.45) is 2.91. The highest BCUT2D eigenvalue weighted by Crippen LogP contribution is 2.32. The van der Waals surface area contributed by atoms with Crippen molar-refractivity contribution in [2.45, 2.75) is 6.42 Å². The molecule has 3 rings (SSSR count). The molecule has 0 saturated heterocycles. The highest BCUT2D eigenvalue weighted by Gasteiger charge is 2.12. The van der Waals surface area contributed by atoms with Crippen LogP contribution in [0.15, 0.2) is 48.5 Å². The monoisotopic (exact) mass is 342 g/mol. The smallest absolute Gasteiger partial charge is 0.262 e. The molecule has 0 saturated carbocycles. The molecule has 7 heteroatoms. The number of nitrogens with one attached hydrogen (secondary N) is 2. The van der Waals surface area contributed by atoms with E-state index < -0.39 is 11.8 Å². The van der Waals surface area contributed by atoms with Crippen LogP contribution >= 0.6 is 0 Å². The first-order chi connectivity index (χ1) is 12.1. The SMILES string of the molecule is O=C(/C=C/c1ccc2c(c1)OCO2)NNC(=O)Cc1ccc(F)cc1. The Kier molecular flexibility index (Phi) is 4.94. The van der Waals surface area contributed by atoms with Crippen LogP contribution in [0.3, 0.4) is 0 Å². The first-order valence-corrected chi connectivity index (χ1v) is 7.51. The van der Waals surface area contributed by atoms with Gasteiger partial charge in [-0.2, -0.15) is 0 Å². The summed E-state index contributed by atoms with van der Waals surface area (Å²) in [6.45, 7) is 0.184. The number of hydrazine groups is 1. The molecule has 2 aromatic carbocycles. The minimum absolute atomic E-state index is 0.0342. The number of carbonyl (C=O) groups excluding carboxylic acids is 2. The zero-order valence-corrected chi connectivity index (χ0v) is 13.1. The Labute approximate surface area is 143 Å². The average molecular weight is 342 g/mol. The number of rotatable bonds is 4. The van der Waals surface area contributed by atoms with E-state index in [1.54, 1.807) is 24.3 Å². The van der Waals surface area contributed by atoms with Crippen molar-refractivity contribution in [2.75, 3.05) is 6.79 Å². The largest absolute Gasteiger partial charge is 0.454 e. The maximum absolute atomic E-state index is 12.8. The molecule has 1 heterocycles. The van der Waals surface area contributed by atoms with E-state index in [1.165, 1.54) is 30.3 Å². The Hall–Kier alpha value is -3.35. The standard InChI is InChI=1S/C18H15FN2O4/c19-14-5-1-13(2-6-14)10-18(23)21-20-17(22)8-4-12-3-7-15-16(9-12)25-11-24-15/h1-9H,10-11H2,(H,20,22)(H,21,23)/b8-4+. The summed E-state index contributed by atoms with van der Waals surface area (Å²) in [5.74, 6) is 0.0255. The minimum Gasteiger partial charge on any atom is -0.454 e. The molecule has 1 aliphatic heterocycles. The van der Waals surface area contributed by atoms with Crippen LogP contribution in [0.1, 0.15) is 11.1 Å². The summed E-state index contributed by atoms with van der Waals surface area (Å²) in [5.41, 5.74) is 5.98. The lowest BCUT2D eigenvalue weighted by molar-refractivity contribution is -0.126. The molecule has 0 spiro atoms. The van der Waals surface area contributed by atoms with Crippen LogP contribution < -0.4 is 20.3 Å². The van der Waals surface area contributed by atoms with Gasteiger partial charge in [0, 0.05) is 6.08 Å². The van der Waals surface area contributed by atoms with E-state index in [-0.39, 0.29) is 19.0 Å². The van der Waals surface area contributed by atoms with Crippen LogP contribution in [0.4, 0.5) is 4.39 Å². The maximum Gasteiger partial charge on any atom is 0.262 e. The lowest BCUT2D eigenvalue weighted by Gasteiger charge is -2.05. The van der Waals surface area contributed by atoms with E-state index >= 15 is 0 Å². The van der Waals surface area contributed by atoms with Gasteiger partial charge in [-0.25, -0.2) is 4.39 Å². The minimum atomic E-state index is -0.481. The Bertz CT molecular complexity index is 818. The Morgan fingerprint density at radius 1 is 1.04 bits per heavy atom. The second-order valence-electron chi connectivity index (χ2n) is 5.29. The van der Waals surface area contributed by atoms with E-state index in [1.807, 2.05) is 0 Å². The lowest BCUT2D eigenvalue weighted by atomic mass is 10.1. The van der Waals surface area contributed by atoms with E-state index in [0.29, 0.717) is 17.1 Å². The van der Waals surface area contributed by atoms with Crippen molar-refractivity contribution in [1.29, 1.82) is 0 Å². The number of hydrogen-bond acceptors (Lipinski definition) is 4. The van der Waals surface area contributed by atoms with Crippen molar-refractivity contribution in [3.8, 4) is 11.5 Å². The Morgan fingerprint density at radius 2 is 1.80 bits per heavy atom. The van der Waals surface area contributed by atoms with E-state index in [2.05, 4.69) is 10.9 Å². The van der Waals surface area contributed by atoms with Crippen LogP contribution in [0.5, 0.6) is 11.5 Å². The van der Waals surface area contributed by atoms with E-state index in [9.17, 15) is 14.0 Å². The molecule has 0 radical (unpaired) electrons. The molecule has 1 aliphatic rings. The molecule has 128 valence electrons. The van der Waals surface area contributed by atoms with Crippen molar-refractivity contribution in [3.63, 3.8) is 0 Å². The van der Waals surface area contributed by atoms with Crippen LogP contribution in [0.2, 0.25) is 0 Å². The first-order valence-electron chi connectivity index (χ1n) is 7.51. The van der Waals surface area contributed by atoms with Gasteiger partial charge in [0.25, 0.3) is 5.91 Å². The molecule has 2 amide bonds. The molecular weight excluding hydrogens is 327 g/mol. The number of benzene rings is 2. The fraction of sp³-hybridized carbons (Fsp3) is 0.111. The van der Waals surface area contributed by atoms with E-state index in [0.717, 1.165) is 5.56 Å². The number of carbonyl (C=O) groups is 2. The van der Waals surface area contributed by atoms with Gasteiger partial charge in [0.1, 0.15) is 5.82 Å². The number of halogens is 1. The molecule has 0 bridgehead atoms. The van der Waals surface area contributed by atoms with Gasteiger partial charge in [-0.05, 0) is 41.5 Å². The van der Waals surface area contributed by atoms with Crippen LogP contribution in [-0.2, 0) is 16.0 Å². The van der Waals surface area contributed by atoms with Crippen LogP contribution in [-0.4, -0.2) is 18.6 Å². The number of fused-ring (bicyclic) bond motifs is 1. The van der Waals surface area contributed by atoms with Crippen LogP contribution in [0, 0.1) is 5.82 Å². The van der Waals surface area contributed by atoms with Crippen molar-refractivity contribution in [1.82, 2.24) is 10.9 Å². The summed E-state index contributed by atoms with van der Waals surface area (Å²) in [4.78, 5) is 23.5. The van der Waals surface area contributed by atoms with Gasteiger partial charge in [0.05, 0.1) is 6.42 Å². The van der Waals surface area contributed by atoms with E-state index in [4.69, 9.17) is 9.47 Å². The van der Waals surface area contributed by atoms with Gasteiger partial charge in [-0.1, -0.05) is 18.2 Å². The first kappa shape index (κ1) is 16.5. The maximum atomic E-state index is 12.8. The third-order valence-electron chi connectivity index (χ3n) is 3.43. The number of hydrogen-bond donors (Lipinski definition) is 2. The van der Waals surface area contributed by atoms with Gasteiger partial charge in [-0.3, -0.25) is 20.4 Å². The lowest BCUT2D eigenvalue weighted by Crippen LogP contribution is -2.41. The fourth-order valence-electron chi connectivity index (χ4n) is 2.19. The Balaban J connectivity index is 1.47. The van der Waals surface area contributed by atoms with Crippen molar-refractivity contribution < 1.29 is 23.5 Å². The molecule has 25 heavy (non-hydrogen) atoms. The highest BCUT2D eigenvalue weighted by atomic mass is 19.1. The zero-order valence-electron chi connectivity index (χ0n) is 13.1. The third-order valence-corrected chi connectivity index (χ3v) is 3.43. The Morgan fingerprint density at radius 3 is 2.60 bits per heavy atom. The van der Waals surface area contributed by atoms with Crippen molar-refractivity contribution in [3.05, 3.63) is 65.5 Å². The third kappa shape index (κ3) is 4.57. The second-order valence-corrected chi connectivity index (χ2v) is 5.29. The molecule has 2 aromatic rings. The molecule has 2 N–H and O–H groups in total. The predicted octanol–water partition coefficient (Wildman–Crippen LogP) is 1.96. The molecule has 0 aromatic heterocycles. The summed E-state index contributed by atoms with van der Waals surface area (Å²) in [7, 11) is 0. The molecule has 6 nitrogen and oxygen atoms in total. The van der Waals surface area contributed by atoms with Crippen molar-refractivity contribution >= 4 is 17.9 Å². The van der Waals surface area contributed by atoms with Gasteiger partial charge in [0.15, 0.2) is 11.5 Å². The molecule has 0 atom stereocenters. The average Bonchev–Trinajstić information content (AvgIpc) is 3.08. The number of amides is 2. The molecular formula is C18H15FN2O4. The predicted molar refractivity (Wildman–Crippen MR) is 88.0 cm³/mol. The fourth-order valence-corrected chi connectivity index (χ4v) is 2.19. The summed E-state index contributed by atoms with van der Waals surface area (Å²) in [5, 5.41) is 0. The summed E-state index contributed by atoms with van der Waals surface area (Å²) >= 11 is 0. The van der Waals surface area contributed by atoms with Crippen LogP contribution in [0.25, 0.3) is 6.08 Å². The summed E-state index contributed by atoms with van der Waals surface area (Å²) < 4.78 is 23.3. The zero-order chi connectivity index (χ0) is 17.6. The quantitative estimate of drug-likeness (QED) is 0.658. The topological polar surface area (TPSA) is 76.7 Å². The van der Waals surface area contributed by atoms with Gasteiger partial charge in [-0.15, -0.1) is 0 Å². The molecule has 0 fully saturated rings. The van der Waals surface area contributed by atoms with Gasteiger partial charge in [0.2, 0.25) is 12.7 Å². The highest BCUT2D eigenvalue weighted by molar-refractivity contribution is 5.93. The van der Waals surface area contributed by atoms with Gasteiger partial charge < -0.3 is 9.47 Å². The molecule has 0 aliphatic carbocycles. The van der Waals surface area contributed by atoms with Gasteiger partial charge >= 0.3 is 0 Å². The van der Waals surface area contributed by atoms with Crippen molar-refractivity contribution in [2.24, 2.45) is 0 Å². The summed E-state index contributed by atoms with van der Waals surface area (Å²) in [6, 6.07) is 10.9. The number of ether oxygens (including phenoxy) is 2. The normalized spacial score (nSPS) is 12.2. The second kappa shape index (κ2) is 7.48. The molecule has 0 unspecified atom stereocenters.